The zero-order valence-electron chi connectivity index (χ0n) is 11.1. The van der Waals surface area contributed by atoms with Crippen LogP contribution in [0, 0.1) is 17.3 Å². The van der Waals surface area contributed by atoms with E-state index >= 15 is 0 Å². The molecule has 0 spiro atoms. The smallest absolute Gasteiger partial charge is 0.214 e. The van der Waals surface area contributed by atoms with Crippen molar-refractivity contribution in [3.05, 3.63) is 0 Å². The molecule has 5 heteroatoms. The predicted molar refractivity (Wildman–Crippen MR) is 69.3 cm³/mol. The number of hydrogen-bond acceptors (Lipinski definition) is 3. The first-order chi connectivity index (χ1) is 7.78. The average molecular weight is 260 g/mol. The van der Waals surface area contributed by atoms with Gasteiger partial charge >= 0.3 is 0 Å². The lowest BCUT2D eigenvalue weighted by molar-refractivity contribution is 0.226. The third kappa shape index (κ3) is 3.20. The normalized spacial score (nSPS) is 31.5. The fourth-order valence-corrected chi connectivity index (χ4v) is 4.97. The Bertz CT molecular complexity index is 372. The van der Waals surface area contributed by atoms with Crippen LogP contribution in [0.15, 0.2) is 0 Å². The molecule has 2 atom stereocenters. The maximum Gasteiger partial charge on any atom is 0.214 e. The van der Waals surface area contributed by atoms with Crippen LogP contribution in [0.25, 0.3) is 0 Å². The Hall–Kier alpha value is -0.130. The molecule has 0 aromatic carbocycles. The fourth-order valence-electron chi connectivity index (χ4n) is 2.89. The highest BCUT2D eigenvalue weighted by atomic mass is 32.2. The van der Waals surface area contributed by atoms with E-state index in [9.17, 15) is 8.42 Å². The Kier molecular flexibility index (Phi) is 3.54. The standard InChI is InChI=1S/C12H24N2O2S/c1-12(2,3)9-17(15,16)14-5-4-10-6-13-7-11(10)8-14/h10-11,13H,4-9H2,1-3H3. The lowest BCUT2D eigenvalue weighted by Crippen LogP contribution is -2.45. The summed E-state index contributed by atoms with van der Waals surface area (Å²) in [5, 5.41) is 3.36. The molecule has 2 aliphatic heterocycles. The number of piperidine rings is 1. The van der Waals surface area contributed by atoms with Gasteiger partial charge in [0.25, 0.3) is 0 Å². The highest BCUT2D eigenvalue weighted by Crippen LogP contribution is 2.29. The maximum absolute atomic E-state index is 12.3. The van der Waals surface area contributed by atoms with Crippen LogP contribution >= 0.6 is 0 Å². The van der Waals surface area contributed by atoms with E-state index in [4.69, 9.17) is 0 Å². The molecule has 2 unspecified atom stereocenters. The summed E-state index contributed by atoms with van der Waals surface area (Å²) in [6.07, 6.45) is 1.01. The van der Waals surface area contributed by atoms with Gasteiger partial charge in [-0.05, 0) is 36.8 Å². The van der Waals surface area contributed by atoms with Crippen LogP contribution in [0.5, 0.6) is 0 Å². The van der Waals surface area contributed by atoms with Crippen LogP contribution in [0.2, 0.25) is 0 Å². The molecule has 2 saturated heterocycles. The second-order valence-electron chi connectivity index (χ2n) is 6.64. The number of fused-ring (bicyclic) bond motifs is 1. The minimum absolute atomic E-state index is 0.163. The first kappa shape index (κ1) is 13.3. The van der Waals surface area contributed by atoms with E-state index in [1.54, 1.807) is 4.31 Å². The zero-order chi connectivity index (χ0) is 12.7. The third-order valence-corrected chi connectivity index (χ3v) is 6.03. The Morgan fingerprint density at radius 1 is 1.24 bits per heavy atom. The van der Waals surface area contributed by atoms with Crippen LogP contribution in [-0.4, -0.2) is 44.7 Å². The molecular formula is C12H24N2O2S. The molecule has 2 rings (SSSR count). The second-order valence-corrected chi connectivity index (χ2v) is 8.61. The molecule has 2 fully saturated rings. The van der Waals surface area contributed by atoms with Gasteiger partial charge in [0.15, 0.2) is 0 Å². The second kappa shape index (κ2) is 4.52. The molecule has 1 N–H and O–H groups in total. The minimum atomic E-state index is -3.07. The molecule has 0 bridgehead atoms. The molecule has 100 valence electrons. The number of nitrogens with zero attached hydrogens (tertiary/aromatic N) is 1. The zero-order valence-corrected chi connectivity index (χ0v) is 11.9. The Morgan fingerprint density at radius 3 is 2.53 bits per heavy atom. The maximum atomic E-state index is 12.3. The first-order valence-corrected chi connectivity index (χ1v) is 8.07. The number of sulfonamides is 1. The lowest BCUT2D eigenvalue weighted by atomic mass is 9.90. The molecule has 0 aromatic heterocycles. The van der Waals surface area contributed by atoms with Gasteiger partial charge in [0.05, 0.1) is 5.75 Å². The van der Waals surface area contributed by atoms with Gasteiger partial charge in [-0.15, -0.1) is 0 Å². The molecule has 2 heterocycles. The Balaban J connectivity index is 2.03. The highest BCUT2D eigenvalue weighted by Gasteiger charge is 2.38. The van der Waals surface area contributed by atoms with Crippen molar-refractivity contribution in [2.24, 2.45) is 17.3 Å². The van der Waals surface area contributed by atoms with Crippen LogP contribution in [0.4, 0.5) is 0 Å². The number of hydrogen-bond donors (Lipinski definition) is 1. The minimum Gasteiger partial charge on any atom is -0.316 e. The summed E-state index contributed by atoms with van der Waals surface area (Å²) in [6, 6.07) is 0. The molecule has 0 saturated carbocycles. The van der Waals surface area contributed by atoms with Gasteiger partial charge in [-0.25, -0.2) is 12.7 Å². The summed E-state index contributed by atoms with van der Waals surface area (Å²) in [7, 11) is -3.07. The van der Waals surface area contributed by atoms with Crippen LogP contribution in [0.3, 0.4) is 0 Å². The van der Waals surface area contributed by atoms with Crippen LogP contribution < -0.4 is 5.32 Å². The van der Waals surface area contributed by atoms with E-state index < -0.39 is 10.0 Å². The third-order valence-electron chi connectivity index (χ3n) is 3.68. The summed E-state index contributed by atoms with van der Waals surface area (Å²) >= 11 is 0. The largest absolute Gasteiger partial charge is 0.316 e. The monoisotopic (exact) mass is 260 g/mol. The SMILES string of the molecule is CC(C)(C)CS(=O)(=O)N1CCC2CNCC2C1. The summed E-state index contributed by atoms with van der Waals surface area (Å²) < 4.78 is 26.3. The van der Waals surface area contributed by atoms with Crippen molar-refractivity contribution in [2.45, 2.75) is 27.2 Å². The van der Waals surface area contributed by atoms with Crippen molar-refractivity contribution >= 4 is 10.0 Å². The Morgan fingerprint density at radius 2 is 1.88 bits per heavy atom. The van der Waals surface area contributed by atoms with E-state index in [2.05, 4.69) is 5.32 Å². The van der Waals surface area contributed by atoms with Crippen LogP contribution in [0.1, 0.15) is 27.2 Å². The summed E-state index contributed by atoms with van der Waals surface area (Å²) in [6.45, 7) is 9.42. The highest BCUT2D eigenvalue weighted by molar-refractivity contribution is 7.89. The molecule has 2 aliphatic rings. The Labute approximate surface area is 105 Å². The molecule has 4 nitrogen and oxygen atoms in total. The van der Waals surface area contributed by atoms with Crippen molar-refractivity contribution in [1.82, 2.24) is 9.62 Å². The van der Waals surface area contributed by atoms with Crippen molar-refractivity contribution in [3.8, 4) is 0 Å². The molecule has 0 radical (unpaired) electrons. The quantitative estimate of drug-likeness (QED) is 0.802. The van der Waals surface area contributed by atoms with Gasteiger partial charge in [0.2, 0.25) is 10.0 Å². The number of nitrogens with one attached hydrogen (secondary N) is 1. The average Bonchev–Trinajstić information content (AvgIpc) is 2.59. The van der Waals surface area contributed by atoms with E-state index in [1.807, 2.05) is 20.8 Å². The predicted octanol–water partition coefficient (Wildman–Crippen LogP) is 0.904. The van der Waals surface area contributed by atoms with Gasteiger partial charge in [0.1, 0.15) is 0 Å². The summed E-state index contributed by atoms with van der Waals surface area (Å²) in [5.41, 5.74) is -0.163. The van der Waals surface area contributed by atoms with Crippen LogP contribution in [-0.2, 0) is 10.0 Å². The van der Waals surface area contributed by atoms with Crippen molar-refractivity contribution in [1.29, 1.82) is 0 Å². The van der Waals surface area contributed by atoms with Crippen molar-refractivity contribution < 1.29 is 8.42 Å². The van der Waals surface area contributed by atoms with E-state index in [0.717, 1.165) is 26.1 Å². The fraction of sp³-hybridized carbons (Fsp3) is 1.00. The molecule has 0 aromatic rings. The van der Waals surface area contributed by atoms with Gasteiger partial charge < -0.3 is 5.32 Å². The first-order valence-electron chi connectivity index (χ1n) is 6.46. The van der Waals surface area contributed by atoms with Crippen molar-refractivity contribution in [3.63, 3.8) is 0 Å². The van der Waals surface area contributed by atoms with E-state index in [-0.39, 0.29) is 11.2 Å². The molecule has 0 aliphatic carbocycles. The molecular weight excluding hydrogens is 236 g/mol. The molecule has 0 amide bonds. The van der Waals surface area contributed by atoms with Gasteiger partial charge in [-0.3, -0.25) is 0 Å². The summed E-state index contributed by atoms with van der Waals surface area (Å²) in [5.74, 6) is 1.47. The van der Waals surface area contributed by atoms with Gasteiger partial charge in [-0.1, -0.05) is 20.8 Å². The molecule has 17 heavy (non-hydrogen) atoms. The van der Waals surface area contributed by atoms with Gasteiger partial charge in [0, 0.05) is 13.1 Å². The lowest BCUT2D eigenvalue weighted by Gasteiger charge is -2.35. The van der Waals surface area contributed by atoms with E-state index in [1.165, 1.54) is 0 Å². The number of rotatable bonds is 2. The van der Waals surface area contributed by atoms with E-state index in [0.29, 0.717) is 18.4 Å². The topological polar surface area (TPSA) is 49.4 Å². The van der Waals surface area contributed by atoms with Crippen molar-refractivity contribution in [2.75, 3.05) is 31.9 Å². The van der Waals surface area contributed by atoms with Gasteiger partial charge in [-0.2, -0.15) is 0 Å². The summed E-state index contributed by atoms with van der Waals surface area (Å²) in [4.78, 5) is 0.